The minimum Gasteiger partial charge on any atom is -0.391 e. The normalized spacial score (nSPS) is 26.6. The van der Waals surface area contributed by atoms with Crippen LogP contribution in [0.4, 0.5) is 0 Å². The molecule has 17 heavy (non-hydrogen) atoms. The standard InChI is InChI=1S/C11H21NO4S/c1-11(2,17(3,15)16)10(14)12-8-6-4-5-7-9(8)13/h8-9,13H,4-7H2,1-3H3,(H,12,14). The summed E-state index contributed by atoms with van der Waals surface area (Å²) in [4.78, 5) is 11.9. The Morgan fingerprint density at radius 3 is 2.29 bits per heavy atom. The van der Waals surface area contributed by atoms with Crippen LogP contribution in [0.5, 0.6) is 0 Å². The maximum absolute atomic E-state index is 11.9. The van der Waals surface area contributed by atoms with Crippen molar-refractivity contribution in [1.82, 2.24) is 5.32 Å². The molecule has 1 aliphatic rings. The van der Waals surface area contributed by atoms with E-state index < -0.39 is 26.6 Å². The Morgan fingerprint density at radius 1 is 1.29 bits per heavy atom. The second-order valence-electron chi connectivity index (χ2n) is 5.21. The van der Waals surface area contributed by atoms with Crippen LogP contribution in [0.15, 0.2) is 0 Å². The van der Waals surface area contributed by atoms with Crippen LogP contribution in [0.3, 0.4) is 0 Å². The summed E-state index contributed by atoms with van der Waals surface area (Å²) in [5.74, 6) is -0.536. The van der Waals surface area contributed by atoms with E-state index in [1.165, 1.54) is 13.8 Å². The van der Waals surface area contributed by atoms with E-state index in [-0.39, 0.29) is 6.04 Å². The summed E-state index contributed by atoms with van der Waals surface area (Å²) in [5, 5.41) is 12.4. The largest absolute Gasteiger partial charge is 0.391 e. The molecule has 100 valence electrons. The highest BCUT2D eigenvalue weighted by Crippen LogP contribution is 2.21. The minimum absolute atomic E-state index is 0.322. The number of carbonyl (C=O) groups excluding carboxylic acids is 1. The van der Waals surface area contributed by atoms with Gasteiger partial charge in [-0.15, -0.1) is 0 Å². The molecule has 1 rings (SSSR count). The van der Waals surface area contributed by atoms with Crippen molar-refractivity contribution in [2.75, 3.05) is 6.26 Å². The van der Waals surface area contributed by atoms with E-state index in [0.29, 0.717) is 12.8 Å². The Balaban J connectivity index is 2.72. The van der Waals surface area contributed by atoms with Crippen molar-refractivity contribution < 1.29 is 18.3 Å². The van der Waals surface area contributed by atoms with Crippen LogP contribution in [0.2, 0.25) is 0 Å². The molecular formula is C11H21NO4S. The quantitative estimate of drug-likeness (QED) is 0.763. The molecule has 1 fully saturated rings. The first-order valence-corrected chi connectivity index (χ1v) is 7.74. The van der Waals surface area contributed by atoms with Gasteiger partial charge < -0.3 is 10.4 Å². The molecule has 2 N–H and O–H groups in total. The number of aliphatic hydroxyl groups is 1. The zero-order chi connectivity index (χ0) is 13.3. The van der Waals surface area contributed by atoms with Crippen LogP contribution in [-0.2, 0) is 14.6 Å². The van der Waals surface area contributed by atoms with E-state index in [2.05, 4.69) is 5.32 Å². The Kier molecular flexibility index (Phi) is 4.19. The van der Waals surface area contributed by atoms with E-state index in [1.807, 2.05) is 0 Å². The predicted octanol–water partition coefficient (Wildman–Crippen LogP) is 0.229. The molecule has 1 amide bonds. The molecule has 0 spiro atoms. The van der Waals surface area contributed by atoms with Crippen molar-refractivity contribution in [3.8, 4) is 0 Å². The van der Waals surface area contributed by atoms with Gasteiger partial charge in [0.05, 0.1) is 12.1 Å². The summed E-state index contributed by atoms with van der Waals surface area (Å²) in [6, 6.07) is -0.322. The fraction of sp³-hybridized carbons (Fsp3) is 0.909. The van der Waals surface area contributed by atoms with Gasteiger partial charge in [-0.25, -0.2) is 8.42 Å². The maximum atomic E-state index is 11.9. The zero-order valence-electron chi connectivity index (χ0n) is 10.6. The van der Waals surface area contributed by atoms with Crippen molar-refractivity contribution in [1.29, 1.82) is 0 Å². The Bertz CT molecular complexity index is 388. The second-order valence-corrected chi connectivity index (χ2v) is 7.78. The number of rotatable bonds is 3. The summed E-state index contributed by atoms with van der Waals surface area (Å²) in [7, 11) is -3.46. The van der Waals surface area contributed by atoms with Crippen molar-refractivity contribution in [2.45, 2.75) is 56.4 Å². The van der Waals surface area contributed by atoms with Crippen LogP contribution in [0.1, 0.15) is 39.5 Å². The number of amides is 1. The highest BCUT2D eigenvalue weighted by atomic mass is 32.2. The smallest absolute Gasteiger partial charge is 0.241 e. The van der Waals surface area contributed by atoms with E-state index in [4.69, 9.17) is 0 Å². The maximum Gasteiger partial charge on any atom is 0.241 e. The average Bonchev–Trinajstić information content (AvgIpc) is 2.19. The van der Waals surface area contributed by atoms with Crippen LogP contribution in [0.25, 0.3) is 0 Å². The molecule has 0 aromatic heterocycles. The lowest BCUT2D eigenvalue weighted by Gasteiger charge is -2.31. The van der Waals surface area contributed by atoms with E-state index in [9.17, 15) is 18.3 Å². The number of aliphatic hydroxyl groups excluding tert-OH is 1. The van der Waals surface area contributed by atoms with Gasteiger partial charge in [0.1, 0.15) is 4.75 Å². The molecular weight excluding hydrogens is 242 g/mol. The number of hydrogen-bond donors (Lipinski definition) is 2. The van der Waals surface area contributed by atoms with Gasteiger partial charge >= 0.3 is 0 Å². The highest BCUT2D eigenvalue weighted by molar-refractivity contribution is 7.92. The fourth-order valence-electron chi connectivity index (χ4n) is 1.79. The van der Waals surface area contributed by atoms with Gasteiger partial charge in [-0.05, 0) is 26.7 Å². The molecule has 0 bridgehead atoms. The minimum atomic E-state index is -3.46. The monoisotopic (exact) mass is 263 g/mol. The van der Waals surface area contributed by atoms with Crippen LogP contribution in [-0.4, -0.2) is 42.6 Å². The van der Waals surface area contributed by atoms with Gasteiger partial charge in [-0.2, -0.15) is 0 Å². The van der Waals surface area contributed by atoms with Gasteiger partial charge in [-0.1, -0.05) is 12.8 Å². The van der Waals surface area contributed by atoms with E-state index in [1.54, 1.807) is 0 Å². The second kappa shape index (κ2) is 4.94. The summed E-state index contributed by atoms with van der Waals surface area (Å²) < 4.78 is 21.5. The molecule has 6 heteroatoms. The van der Waals surface area contributed by atoms with Crippen LogP contribution in [0, 0.1) is 0 Å². The third kappa shape index (κ3) is 3.19. The van der Waals surface area contributed by atoms with Crippen molar-refractivity contribution in [3.63, 3.8) is 0 Å². The molecule has 2 atom stereocenters. The van der Waals surface area contributed by atoms with Crippen molar-refractivity contribution >= 4 is 15.7 Å². The van der Waals surface area contributed by atoms with Gasteiger partial charge in [0, 0.05) is 6.26 Å². The van der Waals surface area contributed by atoms with E-state index in [0.717, 1.165) is 19.1 Å². The molecule has 1 saturated carbocycles. The SMILES string of the molecule is CC(C)(C(=O)NC1CCCCC1O)S(C)(=O)=O. The van der Waals surface area contributed by atoms with Gasteiger partial charge in [-0.3, -0.25) is 4.79 Å². The Morgan fingerprint density at radius 2 is 1.82 bits per heavy atom. The highest BCUT2D eigenvalue weighted by Gasteiger charge is 2.40. The van der Waals surface area contributed by atoms with Crippen LogP contribution < -0.4 is 5.32 Å². The van der Waals surface area contributed by atoms with E-state index >= 15 is 0 Å². The summed E-state index contributed by atoms with van der Waals surface area (Å²) in [6.07, 6.45) is 3.73. The fourth-order valence-corrected chi connectivity index (χ4v) is 2.19. The summed E-state index contributed by atoms with van der Waals surface area (Å²) >= 11 is 0. The summed E-state index contributed by atoms with van der Waals surface area (Å²) in [6.45, 7) is 2.76. The Hall–Kier alpha value is -0.620. The number of nitrogens with one attached hydrogen (secondary N) is 1. The first kappa shape index (κ1) is 14.4. The molecule has 0 heterocycles. The molecule has 0 aromatic carbocycles. The predicted molar refractivity (Wildman–Crippen MR) is 65.3 cm³/mol. The van der Waals surface area contributed by atoms with Gasteiger partial charge in [0.25, 0.3) is 0 Å². The van der Waals surface area contributed by atoms with Gasteiger partial charge in [0.15, 0.2) is 9.84 Å². The van der Waals surface area contributed by atoms with Crippen LogP contribution >= 0.6 is 0 Å². The molecule has 1 aliphatic carbocycles. The molecule has 0 aliphatic heterocycles. The molecule has 0 aromatic rings. The van der Waals surface area contributed by atoms with Gasteiger partial charge in [0.2, 0.25) is 5.91 Å². The third-order valence-electron chi connectivity index (χ3n) is 3.52. The molecule has 2 unspecified atom stereocenters. The summed E-state index contributed by atoms with van der Waals surface area (Å²) in [5.41, 5.74) is 0. The lowest BCUT2D eigenvalue weighted by molar-refractivity contribution is -0.124. The average molecular weight is 263 g/mol. The number of sulfone groups is 1. The lowest BCUT2D eigenvalue weighted by Crippen LogP contribution is -2.54. The Labute approximate surface area is 103 Å². The first-order valence-electron chi connectivity index (χ1n) is 5.85. The number of carbonyl (C=O) groups is 1. The van der Waals surface area contributed by atoms with Crippen molar-refractivity contribution in [3.05, 3.63) is 0 Å². The molecule has 0 saturated heterocycles. The molecule has 0 radical (unpaired) electrons. The molecule has 5 nitrogen and oxygen atoms in total. The van der Waals surface area contributed by atoms with Crippen molar-refractivity contribution in [2.24, 2.45) is 0 Å². The third-order valence-corrected chi connectivity index (χ3v) is 5.56. The topological polar surface area (TPSA) is 83.5 Å². The number of hydrogen-bond acceptors (Lipinski definition) is 4. The lowest BCUT2D eigenvalue weighted by atomic mass is 9.92. The first-order chi connectivity index (χ1) is 7.66. The zero-order valence-corrected chi connectivity index (χ0v) is 11.4.